The molecule has 5 aromatic rings. The Hall–Kier alpha value is -3.55. The van der Waals surface area contributed by atoms with Gasteiger partial charge in [-0.2, -0.15) is 0 Å². The van der Waals surface area contributed by atoms with Gasteiger partial charge >= 0.3 is 5.97 Å². The molecule has 0 aliphatic carbocycles. The lowest BCUT2D eigenvalue weighted by atomic mass is 10.1. The molecule has 0 aliphatic heterocycles. The summed E-state index contributed by atoms with van der Waals surface area (Å²) in [6.45, 7) is 2.96. The second-order valence-electron chi connectivity index (χ2n) is 7.33. The van der Waals surface area contributed by atoms with Crippen LogP contribution in [0, 0.1) is 0 Å². The van der Waals surface area contributed by atoms with Crippen molar-refractivity contribution in [2.45, 2.75) is 18.7 Å². The van der Waals surface area contributed by atoms with Crippen LogP contribution in [0.3, 0.4) is 0 Å². The van der Waals surface area contributed by atoms with Crippen molar-refractivity contribution in [3.8, 4) is 11.5 Å². The summed E-state index contributed by atoms with van der Waals surface area (Å²) in [4.78, 5) is 12.0. The second-order valence-corrected chi connectivity index (χ2v) is 8.76. The molecular formula is C25H18ClN3O3S. The van der Waals surface area contributed by atoms with E-state index >= 15 is 0 Å². The Balaban J connectivity index is 1.49. The van der Waals surface area contributed by atoms with E-state index in [1.54, 1.807) is 30.3 Å². The molecule has 0 amide bonds. The van der Waals surface area contributed by atoms with E-state index in [0.29, 0.717) is 16.5 Å². The van der Waals surface area contributed by atoms with Crippen LogP contribution in [0.1, 0.15) is 12.5 Å². The lowest BCUT2D eigenvalue weighted by Crippen LogP contribution is -1.97. The van der Waals surface area contributed by atoms with Crippen LogP contribution >= 0.6 is 23.4 Å². The maximum Gasteiger partial charge on any atom is 0.342 e. The van der Waals surface area contributed by atoms with Crippen LogP contribution in [-0.2, 0) is 11.3 Å². The molecule has 0 saturated carbocycles. The largest absolute Gasteiger partial charge is 0.477 e. The fourth-order valence-corrected chi connectivity index (χ4v) is 4.64. The normalized spacial score (nSPS) is 12.0. The van der Waals surface area contributed by atoms with Gasteiger partial charge in [-0.25, -0.2) is 4.79 Å². The zero-order valence-electron chi connectivity index (χ0n) is 17.5. The topological polar surface area (TPSA) is 81.2 Å². The molecule has 0 fully saturated rings. The highest BCUT2D eigenvalue weighted by Gasteiger charge is 2.17. The number of carboxylic acids is 1. The van der Waals surface area contributed by atoms with Crippen LogP contribution in [0.5, 0.6) is 0 Å². The second kappa shape index (κ2) is 8.77. The van der Waals surface area contributed by atoms with Crippen molar-refractivity contribution < 1.29 is 14.3 Å². The number of hydrogen-bond donors (Lipinski definition) is 1. The lowest BCUT2D eigenvalue weighted by Gasteiger charge is -2.03. The first kappa shape index (κ1) is 21.3. The van der Waals surface area contributed by atoms with Gasteiger partial charge in [0.15, 0.2) is 0 Å². The van der Waals surface area contributed by atoms with Crippen LogP contribution in [0.15, 0.2) is 81.3 Å². The molecule has 6 nitrogen and oxygen atoms in total. The lowest BCUT2D eigenvalue weighted by molar-refractivity contribution is -0.131. The minimum Gasteiger partial charge on any atom is -0.477 e. The van der Waals surface area contributed by atoms with E-state index in [2.05, 4.69) is 33.8 Å². The Bertz CT molecular complexity index is 1520. The first-order chi connectivity index (χ1) is 16.0. The Kier molecular flexibility index (Phi) is 5.66. The van der Waals surface area contributed by atoms with Gasteiger partial charge in [0.2, 0.25) is 5.89 Å². The van der Waals surface area contributed by atoms with Crippen LogP contribution in [0.2, 0.25) is 5.02 Å². The summed E-state index contributed by atoms with van der Waals surface area (Å²) in [6.07, 6.45) is 1.62. The Labute approximate surface area is 198 Å². The number of carboxylic acid groups (broad SMARTS) is 1. The third kappa shape index (κ3) is 4.13. The number of nitrogens with zero attached hydrogens (tertiary/aromatic N) is 3. The van der Waals surface area contributed by atoms with E-state index in [4.69, 9.17) is 16.0 Å². The van der Waals surface area contributed by atoms with Crippen molar-refractivity contribution in [2.75, 3.05) is 0 Å². The zero-order chi connectivity index (χ0) is 22.9. The molecule has 0 unspecified atom stereocenters. The molecule has 1 N–H and O–H groups in total. The summed E-state index contributed by atoms with van der Waals surface area (Å²) in [5.74, 6) is -0.768. The van der Waals surface area contributed by atoms with E-state index in [-0.39, 0.29) is 10.1 Å². The first-order valence-corrected chi connectivity index (χ1v) is 11.5. The number of halogens is 1. The summed E-state index contributed by atoms with van der Waals surface area (Å²) in [7, 11) is 0. The number of fused-ring (bicyclic) bond motifs is 3. The molecule has 0 atom stereocenters. The predicted molar refractivity (Wildman–Crippen MR) is 131 cm³/mol. The summed E-state index contributed by atoms with van der Waals surface area (Å²) >= 11 is 6.84. The summed E-state index contributed by atoms with van der Waals surface area (Å²) in [5, 5.41) is 20.8. The number of hydrogen-bond acceptors (Lipinski definition) is 5. The van der Waals surface area contributed by atoms with Crippen molar-refractivity contribution in [1.29, 1.82) is 0 Å². The number of thioether (sulfide) groups is 1. The van der Waals surface area contributed by atoms with Gasteiger partial charge in [-0.1, -0.05) is 35.9 Å². The van der Waals surface area contributed by atoms with Gasteiger partial charge < -0.3 is 14.1 Å². The van der Waals surface area contributed by atoms with E-state index < -0.39 is 5.97 Å². The molecule has 2 aromatic heterocycles. The summed E-state index contributed by atoms with van der Waals surface area (Å²) < 4.78 is 7.92. The van der Waals surface area contributed by atoms with E-state index in [1.165, 1.54) is 0 Å². The van der Waals surface area contributed by atoms with E-state index in [9.17, 15) is 9.90 Å². The van der Waals surface area contributed by atoms with Gasteiger partial charge in [0, 0.05) is 38.9 Å². The Morgan fingerprint density at radius 1 is 1.06 bits per heavy atom. The minimum absolute atomic E-state index is 0.0832. The van der Waals surface area contributed by atoms with Crippen molar-refractivity contribution in [3.63, 3.8) is 0 Å². The van der Waals surface area contributed by atoms with Crippen molar-refractivity contribution in [3.05, 3.63) is 82.2 Å². The van der Waals surface area contributed by atoms with E-state index in [1.807, 2.05) is 30.3 Å². The molecule has 2 heterocycles. The molecule has 0 saturated heterocycles. The Morgan fingerprint density at radius 3 is 2.58 bits per heavy atom. The van der Waals surface area contributed by atoms with Crippen LogP contribution in [0.4, 0.5) is 0 Å². The number of aliphatic carboxylic acids is 1. The quantitative estimate of drug-likeness (QED) is 0.216. The smallest absolute Gasteiger partial charge is 0.342 e. The van der Waals surface area contributed by atoms with Gasteiger partial charge in [-0.3, -0.25) is 0 Å². The van der Waals surface area contributed by atoms with Crippen LogP contribution in [-0.4, -0.2) is 25.8 Å². The van der Waals surface area contributed by atoms with Gasteiger partial charge in [-0.15, -0.1) is 10.2 Å². The molecular weight excluding hydrogens is 458 g/mol. The average Bonchev–Trinajstić information content (AvgIpc) is 3.41. The van der Waals surface area contributed by atoms with Crippen LogP contribution < -0.4 is 0 Å². The fourth-order valence-electron chi connectivity index (χ4n) is 3.84. The third-order valence-corrected chi connectivity index (χ3v) is 6.42. The van der Waals surface area contributed by atoms with E-state index in [0.717, 1.165) is 45.7 Å². The van der Waals surface area contributed by atoms with Crippen LogP contribution in [0.25, 0.3) is 39.3 Å². The number of para-hydroxylation sites is 1. The SMILES string of the molecule is CCn1c2ccccc2c2cc(/C=C(\Sc3nnc(-c4ccc(Cl)cc4)o3)C(=O)O)ccc21. The highest BCUT2D eigenvalue weighted by molar-refractivity contribution is 8.03. The zero-order valence-corrected chi connectivity index (χ0v) is 19.1. The molecule has 0 aliphatic rings. The van der Waals surface area contributed by atoms with Gasteiger partial charge in [0.05, 0.1) is 0 Å². The molecule has 164 valence electrons. The maximum atomic E-state index is 12.0. The number of carbonyl (C=O) groups is 1. The minimum atomic E-state index is -1.07. The number of rotatable bonds is 6. The third-order valence-electron chi connectivity index (χ3n) is 5.32. The molecule has 0 radical (unpaired) electrons. The number of aryl methyl sites for hydroxylation is 1. The maximum absolute atomic E-state index is 12.0. The number of benzene rings is 3. The van der Waals surface area contributed by atoms with Gasteiger partial charge in [0.25, 0.3) is 5.22 Å². The molecule has 0 bridgehead atoms. The Morgan fingerprint density at radius 2 is 1.82 bits per heavy atom. The molecule has 3 aromatic carbocycles. The van der Waals surface area contributed by atoms with Gasteiger partial charge in [-0.05, 0) is 72.8 Å². The molecule has 8 heteroatoms. The molecule has 33 heavy (non-hydrogen) atoms. The highest BCUT2D eigenvalue weighted by atomic mass is 35.5. The first-order valence-electron chi connectivity index (χ1n) is 10.3. The monoisotopic (exact) mass is 475 g/mol. The van der Waals surface area contributed by atoms with Crippen molar-refractivity contribution >= 4 is 57.2 Å². The fraction of sp³-hybridized carbons (Fsp3) is 0.0800. The number of aromatic nitrogens is 3. The van der Waals surface area contributed by atoms with Crippen molar-refractivity contribution in [1.82, 2.24) is 14.8 Å². The van der Waals surface area contributed by atoms with Gasteiger partial charge in [0.1, 0.15) is 4.91 Å². The average molecular weight is 476 g/mol. The highest BCUT2D eigenvalue weighted by Crippen LogP contribution is 2.33. The molecule has 5 rings (SSSR count). The molecule has 0 spiro atoms. The predicted octanol–water partition coefficient (Wildman–Crippen LogP) is 6.74. The van der Waals surface area contributed by atoms with Crippen molar-refractivity contribution in [2.24, 2.45) is 0 Å². The standard InChI is InChI=1S/C25H18ClN3O3S/c1-2-29-20-6-4-3-5-18(20)19-13-15(7-12-21(19)29)14-22(24(30)31)33-25-28-27-23(32-25)16-8-10-17(26)11-9-16/h3-14H,2H2,1H3,(H,30,31)/b22-14-. The summed E-state index contributed by atoms with van der Waals surface area (Å²) in [5.41, 5.74) is 3.76. The summed E-state index contributed by atoms with van der Waals surface area (Å²) in [6, 6.07) is 21.2.